The number of H-pyrrole nitrogens is 1. The number of hydrogen-bond donors (Lipinski definition) is 5. The molecule has 11 heteroatoms. The van der Waals surface area contributed by atoms with Gasteiger partial charge in [-0.05, 0) is 30.0 Å². The number of anilines is 1. The molecule has 0 amide bonds. The third kappa shape index (κ3) is 8.66. The highest BCUT2D eigenvalue weighted by atomic mass is 32.2. The molecule has 0 bridgehead atoms. The second-order valence-electron chi connectivity index (χ2n) is 6.08. The zero-order valence-electron chi connectivity index (χ0n) is 16.2. The van der Waals surface area contributed by atoms with E-state index in [1.807, 2.05) is 29.6 Å². The Morgan fingerprint density at radius 3 is 2.50 bits per heavy atom. The quantitative estimate of drug-likeness (QED) is 0.256. The van der Waals surface area contributed by atoms with Gasteiger partial charge in [0.05, 0.1) is 34.3 Å². The summed E-state index contributed by atoms with van der Waals surface area (Å²) in [6.45, 7) is 1.13. The van der Waals surface area contributed by atoms with Gasteiger partial charge in [0.25, 0.3) is 0 Å². The molecular formula is C21H35N3O5S3. The van der Waals surface area contributed by atoms with Crippen LogP contribution in [0.3, 0.4) is 0 Å². The third-order valence-corrected chi connectivity index (χ3v) is 6.42. The van der Waals surface area contributed by atoms with Gasteiger partial charge in [-0.2, -0.15) is 0 Å². The van der Waals surface area contributed by atoms with E-state index in [1.54, 1.807) is 29.2 Å². The molecule has 0 aliphatic carbocycles. The fourth-order valence-electron chi connectivity index (χ4n) is 2.74. The van der Waals surface area contributed by atoms with Gasteiger partial charge in [-0.15, -0.1) is 24.0 Å². The highest BCUT2D eigenvalue weighted by molar-refractivity contribution is 8.15. The summed E-state index contributed by atoms with van der Waals surface area (Å²) in [5, 5.41) is 22.1. The van der Waals surface area contributed by atoms with Crippen molar-refractivity contribution in [1.82, 2.24) is 4.98 Å². The number of aliphatic hydroxyl groups excluding tert-OH is 2. The molecule has 9 N–H and O–H groups in total. The number of nitrogens with one attached hydrogen (secondary N) is 1. The van der Waals surface area contributed by atoms with E-state index >= 15 is 0 Å². The summed E-state index contributed by atoms with van der Waals surface area (Å²) in [7, 11) is 0. The molecule has 1 aliphatic heterocycles. The lowest BCUT2D eigenvalue weighted by molar-refractivity contribution is 0.201. The lowest BCUT2D eigenvalue weighted by atomic mass is 10.2. The van der Waals surface area contributed by atoms with Crippen molar-refractivity contribution >= 4 is 57.4 Å². The van der Waals surface area contributed by atoms with Crippen LogP contribution in [0.1, 0.15) is 27.0 Å². The maximum absolute atomic E-state index is 9.02. The Morgan fingerprint density at radius 1 is 1.19 bits per heavy atom. The topological polar surface area (TPSA) is 167 Å². The van der Waals surface area contributed by atoms with Crippen LogP contribution in [-0.4, -0.2) is 62.8 Å². The van der Waals surface area contributed by atoms with Gasteiger partial charge < -0.3 is 36.6 Å². The van der Waals surface area contributed by atoms with E-state index in [2.05, 4.69) is 22.6 Å². The minimum absolute atomic E-state index is 0. The Kier molecular flexibility index (Phi) is 16.2. The van der Waals surface area contributed by atoms with E-state index in [0.717, 1.165) is 38.8 Å². The van der Waals surface area contributed by atoms with Crippen molar-refractivity contribution < 1.29 is 25.9 Å². The smallest absolute Gasteiger partial charge is 0.122 e. The second-order valence-corrected chi connectivity index (χ2v) is 9.10. The van der Waals surface area contributed by atoms with Crippen LogP contribution in [-0.2, 0) is 0 Å². The first-order valence-electron chi connectivity index (χ1n) is 8.81. The van der Waals surface area contributed by atoms with E-state index in [-0.39, 0.29) is 45.6 Å². The minimum Gasteiger partial charge on any atom is -0.491 e. The van der Waals surface area contributed by atoms with Gasteiger partial charge in [0, 0.05) is 23.3 Å². The normalized spacial score (nSPS) is 14.0. The number of nitrogen functional groups attached to an aromatic ring is 1. The standard InChI is InChI=1S/C15H19N3O3S.C4H4S2.2CH4.2H2O/c16-12-7-10(21-4-3-20)5-9-6-13(18-14(9)12)15-17-8-11(22-15)1-2-19;5-4-2-1-3-6-4;;;;/h5-7,11,18-20H,1-4,8,16H2;1-3,5H;2*1H4;2*1H2. The lowest BCUT2D eigenvalue weighted by Gasteiger charge is -2.05. The number of aliphatic imine (C=N–C) groups is 1. The van der Waals surface area contributed by atoms with Crippen LogP contribution in [0.4, 0.5) is 5.69 Å². The summed E-state index contributed by atoms with van der Waals surface area (Å²) in [5.41, 5.74) is 8.46. The van der Waals surface area contributed by atoms with Crippen molar-refractivity contribution in [2.24, 2.45) is 4.99 Å². The van der Waals surface area contributed by atoms with Crippen LogP contribution < -0.4 is 10.5 Å². The number of nitrogens with two attached hydrogens (primary N) is 1. The van der Waals surface area contributed by atoms with Crippen molar-refractivity contribution in [2.75, 3.05) is 32.1 Å². The molecule has 0 spiro atoms. The SMILES string of the molecule is C.C.Nc1cc(OCCO)cc2cc(C3=NCC(CCO)S3)[nH]c12.O.O.Sc1cccs1. The summed E-state index contributed by atoms with van der Waals surface area (Å²) in [4.78, 5) is 7.84. The number of thiol groups is 1. The number of aromatic nitrogens is 1. The fourth-order valence-corrected chi connectivity index (χ4v) is 4.53. The van der Waals surface area contributed by atoms with Gasteiger partial charge in [-0.1, -0.05) is 32.7 Å². The molecule has 0 radical (unpaired) electrons. The Hall–Kier alpha value is -1.73. The van der Waals surface area contributed by atoms with Gasteiger partial charge in [0.1, 0.15) is 17.4 Å². The summed E-state index contributed by atoms with van der Waals surface area (Å²) >= 11 is 7.38. The summed E-state index contributed by atoms with van der Waals surface area (Å²) in [5.74, 6) is 0.642. The first-order valence-corrected chi connectivity index (χ1v) is 11.0. The number of benzene rings is 1. The zero-order chi connectivity index (χ0) is 19.9. The summed E-state index contributed by atoms with van der Waals surface area (Å²) < 4.78 is 6.50. The molecule has 3 heterocycles. The Balaban J connectivity index is 0. The van der Waals surface area contributed by atoms with Gasteiger partial charge >= 0.3 is 0 Å². The second kappa shape index (κ2) is 16.0. The van der Waals surface area contributed by atoms with Gasteiger partial charge in [-0.3, -0.25) is 4.99 Å². The number of ether oxygens (including phenoxy) is 1. The maximum atomic E-state index is 9.02. The molecule has 1 unspecified atom stereocenters. The molecule has 3 aromatic rings. The van der Waals surface area contributed by atoms with Crippen molar-refractivity contribution in [3.05, 3.63) is 41.4 Å². The van der Waals surface area contributed by atoms with Crippen molar-refractivity contribution in [3.63, 3.8) is 0 Å². The molecule has 8 nitrogen and oxygen atoms in total. The first kappa shape index (κ1) is 32.4. The van der Waals surface area contributed by atoms with Crippen LogP contribution in [0.5, 0.6) is 5.75 Å². The maximum Gasteiger partial charge on any atom is 0.122 e. The predicted octanol–water partition coefficient (Wildman–Crippen LogP) is 3.03. The fraction of sp³-hybridized carbons (Fsp3) is 0.381. The predicted molar refractivity (Wildman–Crippen MR) is 142 cm³/mol. The molecule has 1 atom stereocenters. The van der Waals surface area contributed by atoms with Crippen LogP contribution in [0.15, 0.2) is 44.9 Å². The molecule has 1 aliphatic rings. The van der Waals surface area contributed by atoms with E-state index in [1.165, 1.54) is 0 Å². The van der Waals surface area contributed by atoms with Gasteiger partial charge in [0.15, 0.2) is 0 Å². The number of aromatic amines is 1. The average Bonchev–Trinajstić information content (AvgIpc) is 3.41. The molecule has 0 saturated heterocycles. The molecular weight excluding hydrogens is 470 g/mol. The Labute approximate surface area is 202 Å². The van der Waals surface area contributed by atoms with Crippen molar-refractivity contribution in [3.8, 4) is 5.75 Å². The number of hydrogen-bond acceptors (Lipinski definition) is 8. The van der Waals surface area contributed by atoms with Gasteiger partial charge in [0.2, 0.25) is 0 Å². The average molecular weight is 506 g/mol. The van der Waals surface area contributed by atoms with Crippen LogP contribution >= 0.6 is 35.7 Å². The Bertz CT molecular complexity index is 932. The molecule has 1 aromatic carbocycles. The van der Waals surface area contributed by atoms with Crippen molar-refractivity contribution in [1.29, 1.82) is 0 Å². The number of nitrogens with zero attached hydrogens (tertiary/aromatic N) is 1. The number of rotatable bonds is 6. The number of fused-ring (bicyclic) bond motifs is 1. The highest BCUT2D eigenvalue weighted by Crippen LogP contribution is 2.32. The third-order valence-electron chi connectivity index (χ3n) is 4.00. The van der Waals surface area contributed by atoms with Crippen LogP contribution in [0.2, 0.25) is 0 Å². The van der Waals surface area contributed by atoms with Gasteiger partial charge in [-0.25, -0.2) is 0 Å². The van der Waals surface area contributed by atoms with E-state index in [0.29, 0.717) is 16.7 Å². The molecule has 182 valence electrons. The monoisotopic (exact) mass is 505 g/mol. The van der Waals surface area contributed by atoms with E-state index in [4.69, 9.17) is 20.7 Å². The van der Waals surface area contributed by atoms with E-state index in [9.17, 15) is 0 Å². The Morgan fingerprint density at radius 2 is 1.94 bits per heavy atom. The molecule has 2 aromatic heterocycles. The molecule has 0 saturated carbocycles. The zero-order valence-corrected chi connectivity index (χ0v) is 18.7. The molecule has 4 rings (SSSR count). The molecule has 32 heavy (non-hydrogen) atoms. The van der Waals surface area contributed by atoms with E-state index < -0.39 is 0 Å². The minimum atomic E-state index is -0.0317. The van der Waals surface area contributed by atoms with Crippen molar-refractivity contribution in [2.45, 2.75) is 30.7 Å². The highest BCUT2D eigenvalue weighted by Gasteiger charge is 2.21. The summed E-state index contributed by atoms with van der Waals surface area (Å²) in [6, 6.07) is 9.59. The number of aliphatic hydroxyl groups is 2. The number of thiophene rings is 1. The lowest BCUT2D eigenvalue weighted by Crippen LogP contribution is -2.05. The first-order chi connectivity index (χ1) is 13.6. The van der Waals surface area contributed by atoms with Crippen LogP contribution in [0, 0.1) is 0 Å². The number of thioether (sulfide) groups is 1. The summed E-state index contributed by atoms with van der Waals surface area (Å²) in [6.07, 6.45) is 0.749. The molecule has 0 fully saturated rings. The van der Waals surface area contributed by atoms with Crippen LogP contribution in [0.25, 0.3) is 10.9 Å². The largest absolute Gasteiger partial charge is 0.491 e.